The van der Waals surface area contributed by atoms with Crippen LogP contribution in [-0.4, -0.2) is 19.7 Å². The van der Waals surface area contributed by atoms with E-state index >= 15 is 0 Å². The zero-order valence-corrected chi connectivity index (χ0v) is 15.0. The number of nitrogens with zero attached hydrogens (tertiary/aromatic N) is 4. The van der Waals surface area contributed by atoms with Gasteiger partial charge >= 0.3 is 0 Å². The van der Waals surface area contributed by atoms with Crippen LogP contribution in [0.15, 0.2) is 38.0 Å². The van der Waals surface area contributed by atoms with Crippen LogP contribution in [-0.2, 0) is 6.54 Å². The van der Waals surface area contributed by atoms with Gasteiger partial charge in [0.1, 0.15) is 22.7 Å². The van der Waals surface area contributed by atoms with Crippen LogP contribution < -0.4 is 5.56 Å². The van der Waals surface area contributed by atoms with E-state index in [1.807, 2.05) is 38.1 Å². The molecule has 0 amide bonds. The summed E-state index contributed by atoms with van der Waals surface area (Å²) in [6, 6.07) is 7.90. The summed E-state index contributed by atoms with van der Waals surface area (Å²) in [4.78, 5) is 21.8. The van der Waals surface area contributed by atoms with Crippen molar-refractivity contribution in [1.82, 2.24) is 19.7 Å². The van der Waals surface area contributed by atoms with Crippen LogP contribution in [0.5, 0.6) is 0 Å². The number of benzene rings is 1. The maximum atomic E-state index is 12.8. The summed E-state index contributed by atoms with van der Waals surface area (Å²) in [5.74, 6) is 1.77. The second kappa shape index (κ2) is 5.94. The van der Waals surface area contributed by atoms with E-state index in [0.717, 1.165) is 11.1 Å². The molecule has 0 bridgehead atoms. The molecule has 0 spiro atoms. The summed E-state index contributed by atoms with van der Waals surface area (Å²) in [6.45, 7) is 7.62. The topological polar surface area (TPSA) is 87.0 Å². The van der Waals surface area contributed by atoms with E-state index in [4.69, 9.17) is 8.94 Å². The Labute approximate surface area is 149 Å². The predicted molar refractivity (Wildman–Crippen MR) is 96.1 cm³/mol. The number of fused-ring (bicyclic) bond motifs is 1. The molecule has 0 aliphatic heterocycles. The minimum absolute atomic E-state index is 0.189. The fourth-order valence-corrected chi connectivity index (χ4v) is 3.01. The third-order valence-corrected chi connectivity index (χ3v) is 4.53. The smallest absolute Gasteiger partial charge is 0.267 e. The molecular formula is C19H18N4O3. The van der Waals surface area contributed by atoms with Gasteiger partial charge < -0.3 is 8.94 Å². The largest absolute Gasteiger partial charge is 0.441 e. The van der Waals surface area contributed by atoms with Crippen LogP contribution in [0.1, 0.15) is 28.5 Å². The summed E-state index contributed by atoms with van der Waals surface area (Å²) in [6.07, 6.45) is 0. The van der Waals surface area contributed by atoms with Gasteiger partial charge in [0.2, 0.25) is 5.89 Å². The van der Waals surface area contributed by atoms with Crippen molar-refractivity contribution >= 4 is 11.1 Å². The molecule has 0 saturated heterocycles. The second-order valence-electron chi connectivity index (χ2n) is 6.34. The Hall–Kier alpha value is -3.22. The average Bonchev–Trinajstić information content (AvgIpc) is 3.15. The standard InChI is InChI=1S/C19H18N4O3/c1-10-7-5-6-8-14(10)17-21-15(12(3)25-17)9-23-13(4)20-18-16(19(23)24)11(2)22-26-18/h5-8H,9H2,1-4H3. The predicted octanol–water partition coefficient (Wildman–Crippen LogP) is 3.32. The highest BCUT2D eigenvalue weighted by molar-refractivity contribution is 5.74. The quantitative estimate of drug-likeness (QED) is 0.563. The third kappa shape index (κ3) is 2.52. The fraction of sp³-hybridized carbons (Fsp3) is 0.263. The van der Waals surface area contributed by atoms with Gasteiger partial charge in [-0.15, -0.1) is 0 Å². The van der Waals surface area contributed by atoms with Crippen molar-refractivity contribution in [2.24, 2.45) is 0 Å². The van der Waals surface area contributed by atoms with Gasteiger partial charge in [0.15, 0.2) is 0 Å². The van der Waals surface area contributed by atoms with E-state index in [1.54, 1.807) is 18.4 Å². The van der Waals surface area contributed by atoms with E-state index in [1.165, 1.54) is 0 Å². The molecular weight excluding hydrogens is 332 g/mol. The Morgan fingerprint density at radius 1 is 1.08 bits per heavy atom. The normalized spacial score (nSPS) is 11.4. The number of oxazole rings is 1. The molecule has 7 heteroatoms. The molecule has 4 rings (SSSR count). The monoisotopic (exact) mass is 350 g/mol. The van der Waals surface area contributed by atoms with Crippen LogP contribution in [0.2, 0.25) is 0 Å². The molecule has 132 valence electrons. The van der Waals surface area contributed by atoms with E-state index in [-0.39, 0.29) is 17.8 Å². The summed E-state index contributed by atoms with van der Waals surface area (Å²) in [5.41, 5.74) is 3.32. The minimum Gasteiger partial charge on any atom is -0.441 e. The number of aryl methyl sites for hydroxylation is 4. The molecule has 26 heavy (non-hydrogen) atoms. The first-order chi connectivity index (χ1) is 12.5. The van der Waals surface area contributed by atoms with Crippen LogP contribution >= 0.6 is 0 Å². The van der Waals surface area contributed by atoms with Crippen molar-refractivity contribution in [2.75, 3.05) is 0 Å². The summed E-state index contributed by atoms with van der Waals surface area (Å²) in [5, 5.41) is 4.23. The number of hydrogen-bond acceptors (Lipinski definition) is 6. The van der Waals surface area contributed by atoms with E-state index < -0.39 is 0 Å². The molecule has 0 atom stereocenters. The van der Waals surface area contributed by atoms with E-state index in [0.29, 0.717) is 34.2 Å². The summed E-state index contributed by atoms with van der Waals surface area (Å²) < 4.78 is 12.5. The lowest BCUT2D eigenvalue weighted by Crippen LogP contribution is -2.24. The maximum Gasteiger partial charge on any atom is 0.267 e. The van der Waals surface area contributed by atoms with Crippen molar-refractivity contribution < 1.29 is 8.94 Å². The van der Waals surface area contributed by atoms with Crippen molar-refractivity contribution in [3.8, 4) is 11.5 Å². The molecule has 4 aromatic rings. The Morgan fingerprint density at radius 3 is 2.62 bits per heavy atom. The van der Waals surface area contributed by atoms with Crippen molar-refractivity contribution in [2.45, 2.75) is 34.2 Å². The lowest BCUT2D eigenvalue weighted by atomic mass is 10.1. The Morgan fingerprint density at radius 2 is 1.85 bits per heavy atom. The number of aromatic nitrogens is 4. The molecule has 0 N–H and O–H groups in total. The highest BCUT2D eigenvalue weighted by Crippen LogP contribution is 2.25. The van der Waals surface area contributed by atoms with Gasteiger partial charge in [0.05, 0.1) is 12.2 Å². The highest BCUT2D eigenvalue weighted by Gasteiger charge is 2.18. The SMILES string of the molecule is Cc1ccccc1-c1nc(Cn2c(C)nc3onc(C)c3c2=O)c(C)o1. The first-order valence-electron chi connectivity index (χ1n) is 8.31. The van der Waals surface area contributed by atoms with Crippen LogP contribution in [0, 0.1) is 27.7 Å². The van der Waals surface area contributed by atoms with Gasteiger partial charge in [-0.1, -0.05) is 23.4 Å². The number of hydrogen-bond donors (Lipinski definition) is 0. The first kappa shape index (κ1) is 16.3. The molecule has 0 aliphatic carbocycles. The van der Waals surface area contributed by atoms with Gasteiger partial charge in [-0.2, -0.15) is 4.98 Å². The molecule has 1 aromatic carbocycles. The van der Waals surface area contributed by atoms with Gasteiger partial charge in [-0.3, -0.25) is 9.36 Å². The van der Waals surface area contributed by atoms with E-state index in [2.05, 4.69) is 15.1 Å². The van der Waals surface area contributed by atoms with Gasteiger partial charge in [-0.25, -0.2) is 4.98 Å². The Bertz CT molecular complexity index is 1180. The van der Waals surface area contributed by atoms with E-state index in [9.17, 15) is 4.79 Å². The molecule has 7 nitrogen and oxygen atoms in total. The number of rotatable bonds is 3. The lowest BCUT2D eigenvalue weighted by Gasteiger charge is -2.07. The zero-order chi connectivity index (χ0) is 18.4. The second-order valence-corrected chi connectivity index (χ2v) is 6.34. The third-order valence-electron chi connectivity index (χ3n) is 4.53. The molecule has 0 saturated carbocycles. The molecule has 0 unspecified atom stereocenters. The minimum atomic E-state index is -0.189. The van der Waals surface area contributed by atoms with Crippen molar-refractivity contribution in [1.29, 1.82) is 0 Å². The van der Waals surface area contributed by atoms with Gasteiger partial charge in [0.25, 0.3) is 11.3 Å². The molecule has 0 aliphatic rings. The van der Waals surface area contributed by atoms with Gasteiger partial charge in [0, 0.05) is 5.56 Å². The highest BCUT2D eigenvalue weighted by atomic mass is 16.5. The van der Waals surface area contributed by atoms with Crippen LogP contribution in [0.3, 0.4) is 0 Å². The van der Waals surface area contributed by atoms with Crippen LogP contribution in [0.4, 0.5) is 0 Å². The first-order valence-corrected chi connectivity index (χ1v) is 8.31. The van der Waals surface area contributed by atoms with Crippen LogP contribution in [0.25, 0.3) is 22.6 Å². The molecule has 0 fully saturated rings. The molecule has 3 heterocycles. The Kier molecular flexibility index (Phi) is 3.72. The summed E-state index contributed by atoms with van der Waals surface area (Å²) >= 11 is 0. The lowest BCUT2D eigenvalue weighted by molar-refractivity contribution is 0.441. The average molecular weight is 350 g/mol. The molecule has 0 radical (unpaired) electrons. The van der Waals surface area contributed by atoms with Gasteiger partial charge in [-0.05, 0) is 39.3 Å². The zero-order valence-electron chi connectivity index (χ0n) is 15.0. The van der Waals surface area contributed by atoms with Crippen molar-refractivity contribution in [3.05, 3.63) is 63.2 Å². The Balaban J connectivity index is 1.79. The summed E-state index contributed by atoms with van der Waals surface area (Å²) in [7, 11) is 0. The molecule has 3 aromatic heterocycles. The maximum absolute atomic E-state index is 12.8. The fourth-order valence-electron chi connectivity index (χ4n) is 3.01. The van der Waals surface area contributed by atoms with Crippen molar-refractivity contribution in [3.63, 3.8) is 0 Å².